The lowest BCUT2D eigenvalue weighted by molar-refractivity contribution is -0.132. The average molecular weight is 320 g/mol. The van der Waals surface area contributed by atoms with E-state index in [9.17, 15) is 9.59 Å². The van der Waals surface area contributed by atoms with Crippen LogP contribution in [0.2, 0.25) is 0 Å². The lowest BCUT2D eigenvalue weighted by atomic mass is 9.84. The molecule has 2 aliphatic rings. The Balaban J connectivity index is 1.72. The van der Waals surface area contributed by atoms with Gasteiger partial charge >= 0.3 is 6.03 Å². The molecule has 23 heavy (non-hydrogen) atoms. The fourth-order valence-corrected chi connectivity index (χ4v) is 3.48. The van der Waals surface area contributed by atoms with Gasteiger partial charge < -0.3 is 9.84 Å². The number of hydrogen-bond acceptors (Lipinski definition) is 5. The second-order valence-electron chi connectivity index (χ2n) is 6.53. The van der Waals surface area contributed by atoms with E-state index in [2.05, 4.69) is 15.5 Å². The zero-order chi connectivity index (χ0) is 16.3. The molecule has 1 aromatic rings. The molecule has 1 saturated heterocycles. The average Bonchev–Trinajstić information content (AvgIpc) is 3.03. The summed E-state index contributed by atoms with van der Waals surface area (Å²) in [5.74, 6) is 0.801. The van der Waals surface area contributed by atoms with E-state index >= 15 is 0 Å². The standard InChI is InChI=1S/C16H24N4O3/c1-2-8-12-17-13(23-19-12)11-20-14(21)16(18-15(20)22)9-6-4-3-5-7-10-16/h2-11H2,1H3,(H,18,22). The number of rotatable bonds is 4. The number of urea groups is 1. The van der Waals surface area contributed by atoms with Gasteiger partial charge in [0, 0.05) is 6.42 Å². The highest BCUT2D eigenvalue weighted by Crippen LogP contribution is 2.32. The summed E-state index contributed by atoms with van der Waals surface area (Å²) in [6.45, 7) is 2.09. The Hall–Kier alpha value is -1.92. The van der Waals surface area contributed by atoms with Gasteiger partial charge in [-0.05, 0) is 19.3 Å². The fourth-order valence-electron chi connectivity index (χ4n) is 3.48. The highest BCUT2D eigenvalue weighted by Gasteiger charge is 2.50. The Morgan fingerprint density at radius 3 is 2.57 bits per heavy atom. The minimum absolute atomic E-state index is 0.0587. The molecule has 0 unspecified atom stereocenters. The van der Waals surface area contributed by atoms with Gasteiger partial charge in [0.1, 0.15) is 12.1 Å². The van der Waals surface area contributed by atoms with Crippen molar-refractivity contribution in [2.45, 2.75) is 76.8 Å². The van der Waals surface area contributed by atoms with E-state index in [0.717, 1.165) is 51.4 Å². The minimum Gasteiger partial charge on any atom is -0.337 e. The molecule has 1 aromatic heterocycles. The molecule has 0 bridgehead atoms. The Bertz CT molecular complexity index is 576. The smallest absolute Gasteiger partial charge is 0.325 e. The van der Waals surface area contributed by atoms with E-state index in [4.69, 9.17) is 4.52 Å². The van der Waals surface area contributed by atoms with E-state index in [-0.39, 0.29) is 18.5 Å². The second-order valence-corrected chi connectivity index (χ2v) is 6.53. The van der Waals surface area contributed by atoms with Crippen molar-refractivity contribution in [1.29, 1.82) is 0 Å². The van der Waals surface area contributed by atoms with Gasteiger partial charge in [-0.2, -0.15) is 4.98 Å². The van der Waals surface area contributed by atoms with Crippen LogP contribution in [0.3, 0.4) is 0 Å². The molecule has 0 radical (unpaired) electrons. The van der Waals surface area contributed by atoms with Crippen molar-refractivity contribution in [3.8, 4) is 0 Å². The largest absolute Gasteiger partial charge is 0.337 e. The van der Waals surface area contributed by atoms with Crippen LogP contribution in [0, 0.1) is 0 Å². The van der Waals surface area contributed by atoms with Crippen molar-refractivity contribution in [2.24, 2.45) is 0 Å². The Kier molecular flexibility index (Phi) is 4.63. The SMILES string of the molecule is CCCc1noc(CN2C(=O)NC3(CCCCCCC3)C2=O)n1. The van der Waals surface area contributed by atoms with Crippen LogP contribution in [-0.2, 0) is 17.8 Å². The van der Waals surface area contributed by atoms with E-state index < -0.39 is 5.54 Å². The lowest BCUT2D eigenvalue weighted by Crippen LogP contribution is -2.47. The van der Waals surface area contributed by atoms with Crippen LogP contribution in [0.5, 0.6) is 0 Å². The summed E-state index contributed by atoms with van der Waals surface area (Å²) >= 11 is 0. The number of aryl methyl sites for hydroxylation is 1. The molecular formula is C16H24N4O3. The summed E-state index contributed by atoms with van der Waals surface area (Å²) in [6.07, 6.45) is 8.49. The van der Waals surface area contributed by atoms with Gasteiger partial charge in [0.15, 0.2) is 5.82 Å². The number of carbonyl (C=O) groups is 2. The monoisotopic (exact) mass is 320 g/mol. The number of nitrogens with one attached hydrogen (secondary N) is 1. The molecule has 2 heterocycles. The third-order valence-electron chi connectivity index (χ3n) is 4.73. The van der Waals surface area contributed by atoms with Gasteiger partial charge in [0.2, 0.25) is 5.89 Å². The summed E-state index contributed by atoms with van der Waals surface area (Å²) in [5, 5.41) is 6.81. The highest BCUT2D eigenvalue weighted by molar-refractivity contribution is 6.06. The molecule has 1 saturated carbocycles. The summed E-state index contributed by atoms with van der Waals surface area (Å²) < 4.78 is 5.16. The molecule has 1 N–H and O–H groups in total. The maximum Gasteiger partial charge on any atom is 0.325 e. The Morgan fingerprint density at radius 2 is 1.87 bits per heavy atom. The molecule has 0 atom stereocenters. The van der Waals surface area contributed by atoms with Gasteiger partial charge in [0.25, 0.3) is 5.91 Å². The molecule has 1 spiro atoms. The molecular weight excluding hydrogens is 296 g/mol. The first-order chi connectivity index (χ1) is 11.1. The minimum atomic E-state index is -0.718. The Morgan fingerprint density at radius 1 is 1.17 bits per heavy atom. The number of nitrogens with zero attached hydrogens (tertiary/aromatic N) is 3. The van der Waals surface area contributed by atoms with Crippen LogP contribution in [0.1, 0.15) is 70.0 Å². The molecule has 3 amide bonds. The van der Waals surface area contributed by atoms with Gasteiger partial charge in [-0.3, -0.25) is 9.69 Å². The van der Waals surface area contributed by atoms with Crippen molar-refractivity contribution in [3.05, 3.63) is 11.7 Å². The molecule has 126 valence electrons. The van der Waals surface area contributed by atoms with Crippen LogP contribution in [0.4, 0.5) is 4.79 Å². The maximum absolute atomic E-state index is 12.8. The van der Waals surface area contributed by atoms with Gasteiger partial charge in [0.05, 0.1) is 0 Å². The van der Waals surface area contributed by atoms with Crippen LogP contribution in [0.15, 0.2) is 4.52 Å². The molecule has 2 fully saturated rings. The molecule has 0 aromatic carbocycles. The first kappa shape index (κ1) is 16.0. The number of aromatic nitrogens is 2. The fraction of sp³-hybridized carbons (Fsp3) is 0.750. The van der Waals surface area contributed by atoms with E-state index in [1.807, 2.05) is 6.92 Å². The van der Waals surface area contributed by atoms with E-state index in [0.29, 0.717) is 11.7 Å². The van der Waals surface area contributed by atoms with Crippen LogP contribution < -0.4 is 5.32 Å². The third kappa shape index (κ3) is 3.23. The van der Waals surface area contributed by atoms with E-state index in [1.54, 1.807) is 0 Å². The van der Waals surface area contributed by atoms with Crippen LogP contribution >= 0.6 is 0 Å². The molecule has 1 aliphatic carbocycles. The van der Waals surface area contributed by atoms with Crippen molar-refractivity contribution < 1.29 is 14.1 Å². The number of hydrogen-bond donors (Lipinski definition) is 1. The van der Waals surface area contributed by atoms with Crippen molar-refractivity contribution in [2.75, 3.05) is 0 Å². The maximum atomic E-state index is 12.8. The number of amides is 3. The van der Waals surface area contributed by atoms with Crippen molar-refractivity contribution in [1.82, 2.24) is 20.4 Å². The summed E-state index contributed by atoms with van der Waals surface area (Å²) in [7, 11) is 0. The highest BCUT2D eigenvalue weighted by atomic mass is 16.5. The van der Waals surface area contributed by atoms with Crippen LogP contribution in [0.25, 0.3) is 0 Å². The van der Waals surface area contributed by atoms with Crippen LogP contribution in [-0.4, -0.2) is 32.5 Å². The van der Waals surface area contributed by atoms with E-state index in [1.165, 1.54) is 11.3 Å². The predicted octanol–water partition coefficient (Wildman–Crippen LogP) is 2.56. The molecule has 1 aliphatic heterocycles. The first-order valence-electron chi connectivity index (χ1n) is 8.60. The quantitative estimate of drug-likeness (QED) is 0.861. The summed E-state index contributed by atoms with van der Waals surface area (Å²) in [6, 6.07) is -0.342. The van der Waals surface area contributed by atoms with Gasteiger partial charge in [-0.15, -0.1) is 0 Å². The van der Waals surface area contributed by atoms with Crippen molar-refractivity contribution in [3.63, 3.8) is 0 Å². The number of imide groups is 1. The summed E-state index contributed by atoms with van der Waals surface area (Å²) in [5.41, 5.74) is -0.718. The second kappa shape index (κ2) is 6.68. The van der Waals surface area contributed by atoms with Gasteiger partial charge in [-0.25, -0.2) is 4.79 Å². The number of carbonyl (C=O) groups excluding carboxylic acids is 2. The molecule has 7 heteroatoms. The lowest BCUT2D eigenvalue weighted by Gasteiger charge is -2.28. The Labute approximate surface area is 135 Å². The predicted molar refractivity (Wildman–Crippen MR) is 82.4 cm³/mol. The van der Waals surface area contributed by atoms with Gasteiger partial charge in [-0.1, -0.05) is 44.2 Å². The zero-order valence-corrected chi connectivity index (χ0v) is 13.6. The molecule has 3 rings (SSSR count). The first-order valence-corrected chi connectivity index (χ1v) is 8.60. The van der Waals surface area contributed by atoms with Crippen molar-refractivity contribution >= 4 is 11.9 Å². The normalized spacial score (nSPS) is 21.3. The topological polar surface area (TPSA) is 88.3 Å². The summed E-state index contributed by atoms with van der Waals surface area (Å²) in [4.78, 5) is 30.6. The third-order valence-corrected chi connectivity index (χ3v) is 4.73. The zero-order valence-electron chi connectivity index (χ0n) is 13.6. The molecule has 7 nitrogen and oxygen atoms in total.